The lowest BCUT2D eigenvalue weighted by Crippen LogP contribution is -2.71. The van der Waals surface area contributed by atoms with Crippen LogP contribution in [0, 0.1) is 0 Å². The van der Waals surface area contributed by atoms with Gasteiger partial charge < -0.3 is 4.74 Å². The largest absolute Gasteiger partial charge is 0.456 e. The number of hydrogen-bond acceptors (Lipinski definition) is 1. The van der Waals surface area contributed by atoms with Crippen molar-refractivity contribution in [2.24, 2.45) is 0 Å². The molecule has 0 bridgehead atoms. The molecule has 0 spiro atoms. The molecule has 15 heteroatoms. The summed E-state index contributed by atoms with van der Waals surface area (Å²) in [6.07, 6.45) is -30.5. The maximum atomic E-state index is 13.9. The summed E-state index contributed by atoms with van der Waals surface area (Å²) in [5.41, 5.74) is -10.9. The van der Waals surface area contributed by atoms with E-state index in [0.29, 0.717) is 13.8 Å². The molecular weight excluding hydrogens is 450 g/mol. The molecule has 0 heterocycles. The molecule has 0 amide bonds. The summed E-state index contributed by atoms with van der Waals surface area (Å²) in [5, 5.41) is 0. The third-order valence-corrected chi connectivity index (χ3v) is 4.09. The van der Waals surface area contributed by atoms with Gasteiger partial charge in [-0.25, -0.2) is 17.6 Å². The molecule has 0 N–H and O–H groups in total. The van der Waals surface area contributed by atoms with Gasteiger partial charge in [0.25, 0.3) is 12.9 Å². The van der Waals surface area contributed by atoms with E-state index in [-0.39, 0.29) is 0 Å². The van der Waals surface area contributed by atoms with Crippen LogP contribution in [0.15, 0.2) is 0 Å². The van der Waals surface area contributed by atoms with Crippen LogP contribution in [0.25, 0.3) is 0 Å². The van der Waals surface area contributed by atoms with Crippen LogP contribution < -0.4 is 0 Å². The van der Waals surface area contributed by atoms with Crippen molar-refractivity contribution < 1.29 is 66.2 Å². The van der Waals surface area contributed by atoms with Crippen molar-refractivity contribution in [3.05, 3.63) is 0 Å². The topological polar surface area (TPSA) is 9.23 Å². The van der Waals surface area contributed by atoms with E-state index < -0.39 is 73.9 Å². The quantitative estimate of drug-likeness (QED) is 0.315. The van der Waals surface area contributed by atoms with Gasteiger partial charge in [0, 0.05) is 0 Å². The molecule has 0 fully saturated rings. The molecule has 0 rings (SSSR count). The van der Waals surface area contributed by atoms with E-state index in [2.05, 4.69) is 4.74 Å². The zero-order valence-corrected chi connectivity index (χ0v) is 14.7. The fourth-order valence-electron chi connectivity index (χ4n) is 2.67. The highest BCUT2D eigenvalue weighted by atomic mass is 19.4. The van der Waals surface area contributed by atoms with Crippen molar-refractivity contribution in [2.75, 3.05) is 0 Å². The molecule has 0 aliphatic heterocycles. The van der Waals surface area contributed by atoms with Crippen LogP contribution in [0.3, 0.4) is 0 Å². The van der Waals surface area contributed by atoms with Crippen molar-refractivity contribution >= 4 is 0 Å². The standard InChI is InChI=1S/C14H16F14O/c1-3-5-9(7(15)16,11(19,20)13(23,24)25)29-10(6-4-2,8(17)18)12(21,22)14(26,27)28/h7-8H,3-6H2,1-2H3. The van der Waals surface area contributed by atoms with Crippen LogP contribution in [0.5, 0.6) is 0 Å². The van der Waals surface area contributed by atoms with Gasteiger partial charge in [0.1, 0.15) is 0 Å². The summed E-state index contributed by atoms with van der Waals surface area (Å²) in [4.78, 5) is 0. The van der Waals surface area contributed by atoms with Gasteiger partial charge in [-0.1, -0.05) is 26.7 Å². The summed E-state index contributed by atoms with van der Waals surface area (Å²) in [6, 6.07) is 0. The molecule has 0 saturated heterocycles. The summed E-state index contributed by atoms with van der Waals surface area (Å²) in [6.45, 7) is 1.39. The normalized spacial score (nSPS) is 18.8. The van der Waals surface area contributed by atoms with Crippen LogP contribution in [-0.2, 0) is 4.74 Å². The minimum atomic E-state index is -6.94. The SMILES string of the molecule is CCCC(OC(CCC)(C(F)F)C(F)(F)C(F)(F)F)(C(F)F)C(F)(F)C(F)(F)F. The molecule has 2 atom stereocenters. The van der Waals surface area contributed by atoms with E-state index in [1.165, 1.54) is 0 Å². The maximum Gasteiger partial charge on any atom is 0.456 e. The van der Waals surface area contributed by atoms with E-state index in [4.69, 9.17) is 0 Å². The molecule has 0 aliphatic carbocycles. The van der Waals surface area contributed by atoms with Crippen LogP contribution >= 0.6 is 0 Å². The minimum absolute atomic E-state index is 0.693. The number of rotatable bonds is 10. The summed E-state index contributed by atoms with van der Waals surface area (Å²) < 4.78 is 189. The molecule has 0 aromatic heterocycles. The number of halogens is 14. The van der Waals surface area contributed by atoms with Gasteiger partial charge in [0.15, 0.2) is 0 Å². The van der Waals surface area contributed by atoms with E-state index in [9.17, 15) is 61.5 Å². The lowest BCUT2D eigenvalue weighted by Gasteiger charge is -2.49. The molecule has 29 heavy (non-hydrogen) atoms. The van der Waals surface area contributed by atoms with Gasteiger partial charge in [-0.05, 0) is 12.8 Å². The van der Waals surface area contributed by atoms with E-state index in [0.717, 1.165) is 0 Å². The Labute approximate surface area is 155 Å². The Bertz CT molecular complexity index is 479. The van der Waals surface area contributed by atoms with Crippen LogP contribution in [-0.4, -0.2) is 48.3 Å². The lowest BCUT2D eigenvalue weighted by atomic mass is 9.84. The number of ether oxygens (including phenoxy) is 1. The Hall–Kier alpha value is -1.02. The predicted octanol–water partition coefficient (Wildman–Crippen LogP) is 7.01. The summed E-state index contributed by atoms with van der Waals surface area (Å²) >= 11 is 0. The fourth-order valence-corrected chi connectivity index (χ4v) is 2.67. The van der Waals surface area contributed by atoms with Gasteiger partial charge in [-0.2, -0.15) is 43.9 Å². The van der Waals surface area contributed by atoms with E-state index in [1.807, 2.05) is 0 Å². The van der Waals surface area contributed by atoms with E-state index in [1.54, 1.807) is 0 Å². The first kappa shape index (κ1) is 28.0. The zero-order chi connectivity index (χ0) is 23.7. The zero-order valence-electron chi connectivity index (χ0n) is 14.7. The number of hydrogen-bond donors (Lipinski definition) is 0. The smallest absolute Gasteiger partial charge is 0.343 e. The van der Waals surface area contributed by atoms with Gasteiger partial charge in [-0.15, -0.1) is 0 Å². The second kappa shape index (κ2) is 8.61. The summed E-state index contributed by atoms with van der Waals surface area (Å²) in [5.74, 6) is -13.5. The first-order valence-corrected chi connectivity index (χ1v) is 7.87. The first-order chi connectivity index (χ1) is 12.7. The lowest BCUT2D eigenvalue weighted by molar-refractivity contribution is -0.439. The van der Waals surface area contributed by atoms with Crippen molar-refractivity contribution in [1.82, 2.24) is 0 Å². The van der Waals surface area contributed by atoms with Crippen LogP contribution in [0.4, 0.5) is 61.5 Å². The van der Waals surface area contributed by atoms with Crippen molar-refractivity contribution in [3.8, 4) is 0 Å². The highest BCUT2D eigenvalue weighted by Crippen LogP contribution is 2.57. The molecule has 0 saturated carbocycles. The molecule has 0 aromatic carbocycles. The Morgan fingerprint density at radius 1 is 0.552 bits per heavy atom. The van der Waals surface area contributed by atoms with Crippen molar-refractivity contribution in [2.45, 2.75) is 87.8 Å². The van der Waals surface area contributed by atoms with Crippen molar-refractivity contribution in [1.29, 1.82) is 0 Å². The average Bonchev–Trinajstić information content (AvgIpc) is 2.50. The molecular formula is C14H16F14O. The molecule has 0 aliphatic rings. The van der Waals surface area contributed by atoms with Crippen LogP contribution in [0.1, 0.15) is 39.5 Å². The number of alkyl halides is 14. The molecule has 2 unspecified atom stereocenters. The van der Waals surface area contributed by atoms with Crippen LogP contribution in [0.2, 0.25) is 0 Å². The Kier molecular flexibility index (Phi) is 8.31. The second-order valence-corrected chi connectivity index (χ2v) is 6.13. The van der Waals surface area contributed by atoms with Gasteiger partial charge >= 0.3 is 24.2 Å². The van der Waals surface area contributed by atoms with Crippen molar-refractivity contribution in [3.63, 3.8) is 0 Å². The Balaban J connectivity index is 7.11. The molecule has 176 valence electrons. The Morgan fingerprint density at radius 2 is 0.793 bits per heavy atom. The Morgan fingerprint density at radius 3 is 0.931 bits per heavy atom. The first-order valence-electron chi connectivity index (χ1n) is 7.87. The predicted molar refractivity (Wildman–Crippen MR) is 70.4 cm³/mol. The molecule has 0 aromatic rings. The second-order valence-electron chi connectivity index (χ2n) is 6.13. The third-order valence-electron chi connectivity index (χ3n) is 4.09. The van der Waals surface area contributed by atoms with Gasteiger partial charge in [0.05, 0.1) is 0 Å². The monoisotopic (exact) mass is 466 g/mol. The van der Waals surface area contributed by atoms with Gasteiger partial charge in [0.2, 0.25) is 11.2 Å². The maximum absolute atomic E-state index is 13.9. The molecule has 1 nitrogen and oxygen atoms in total. The summed E-state index contributed by atoms with van der Waals surface area (Å²) in [7, 11) is 0. The molecule has 0 radical (unpaired) electrons. The van der Waals surface area contributed by atoms with E-state index >= 15 is 0 Å². The van der Waals surface area contributed by atoms with Gasteiger partial charge in [-0.3, -0.25) is 0 Å². The fraction of sp³-hybridized carbons (Fsp3) is 1.00. The minimum Gasteiger partial charge on any atom is -0.343 e. The highest BCUT2D eigenvalue weighted by Gasteiger charge is 2.81. The highest BCUT2D eigenvalue weighted by molar-refractivity contribution is 5.09. The third kappa shape index (κ3) is 4.53. The average molecular weight is 466 g/mol.